The molecule has 0 radical (unpaired) electrons. The zero-order chi connectivity index (χ0) is 57.1. The molecule has 0 aliphatic carbocycles. The topological polar surface area (TPSA) is 78.9 Å². The summed E-state index contributed by atoms with van der Waals surface area (Å²) in [5.74, 6) is -0.958. The van der Waals surface area contributed by atoms with Gasteiger partial charge in [0.05, 0.1) is 0 Å². The number of carbonyl (C=O) groups is 3. The van der Waals surface area contributed by atoms with Crippen LogP contribution < -0.4 is 0 Å². The third kappa shape index (κ3) is 63.7. The van der Waals surface area contributed by atoms with Crippen LogP contribution in [0.3, 0.4) is 0 Å². The van der Waals surface area contributed by atoms with Crippen LogP contribution in [-0.4, -0.2) is 37.2 Å². The number of carbonyl (C=O) groups excluding carboxylic acids is 3. The number of ether oxygens (including phenoxy) is 3. The van der Waals surface area contributed by atoms with Gasteiger partial charge in [0.15, 0.2) is 6.10 Å². The van der Waals surface area contributed by atoms with Gasteiger partial charge < -0.3 is 14.2 Å². The molecule has 0 fully saturated rings. The molecular weight excluding hydrogens is 973 g/mol. The van der Waals surface area contributed by atoms with Crippen molar-refractivity contribution >= 4 is 17.9 Å². The Kier molecular flexibility index (Phi) is 61.4. The summed E-state index contributed by atoms with van der Waals surface area (Å²) in [4.78, 5) is 38.2. The zero-order valence-corrected chi connectivity index (χ0v) is 50.8. The highest BCUT2D eigenvalue weighted by Crippen LogP contribution is 2.14. The Hall–Kier alpha value is -4.97. The van der Waals surface area contributed by atoms with Crippen LogP contribution in [0, 0.1) is 0 Å². The van der Waals surface area contributed by atoms with Crippen LogP contribution >= 0.6 is 0 Å². The summed E-state index contributed by atoms with van der Waals surface area (Å²) < 4.78 is 16.8. The first-order valence-electron chi connectivity index (χ1n) is 32.0. The molecule has 0 rings (SSSR count). The van der Waals surface area contributed by atoms with Crippen molar-refractivity contribution in [3.05, 3.63) is 158 Å². The summed E-state index contributed by atoms with van der Waals surface area (Å²) in [6.07, 6.45) is 95.5. The van der Waals surface area contributed by atoms with Crippen LogP contribution in [0.25, 0.3) is 0 Å². The summed E-state index contributed by atoms with van der Waals surface area (Å²) in [5.41, 5.74) is 0. The molecule has 1 unspecified atom stereocenters. The number of unbranched alkanes of at least 4 members (excludes halogenated alkanes) is 19. The van der Waals surface area contributed by atoms with Crippen molar-refractivity contribution in [1.29, 1.82) is 0 Å². The van der Waals surface area contributed by atoms with Gasteiger partial charge in [0.1, 0.15) is 13.2 Å². The number of rotatable bonds is 56. The highest BCUT2D eigenvalue weighted by Gasteiger charge is 2.19. The minimum Gasteiger partial charge on any atom is -0.462 e. The molecule has 0 N–H and O–H groups in total. The molecule has 0 saturated carbocycles. The third-order valence-corrected chi connectivity index (χ3v) is 13.0. The van der Waals surface area contributed by atoms with E-state index in [1.165, 1.54) is 77.0 Å². The Balaban J connectivity index is 4.31. The van der Waals surface area contributed by atoms with E-state index >= 15 is 0 Å². The second-order valence-corrected chi connectivity index (χ2v) is 20.6. The molecule has 0 aromatic heterocycles. The van der Waals surface area contributed by atoms with Gasteiger partial charge in [0, 0.05) is 19.3 Å². The van der Waals surface area contributed by atoms with Gasteiger partial charge >= 0.3 is 17.9 Å². The van der Waals surface area contributed by atoms with Gasteiger partial charge in [-0.05, 0) is 128 Å². The molecule has 79 heavy (non-hydrogen) atoms. The van der Waals surface area contributed by atoms with Crippen LogP contribution in [0.5, 0.6) is 0 Å². The Labute approximate surface area is 486 Å². The van der Waals surface area contributed by atoms with Crippen LogP contribution in [0.1, 0.15) is 265 Å². The van der Waals surface area contributed by atoms with E-state index in [9.17, 15) is 14.4 Å². The zero-order valence-electron chi connectivity index (χ0n) is 50.8. The predicted octanol–water partition coefficient (Wildman–Crippen LogP) is 22.1. The molecule has 1 atom stereocenters. The fourth-order valence-corrected chi connectivity index (χ4v) is 8.31. The largest absolute Gasteiger partial charge is 0.462 e. The Morgan fingerprint density at radius 2 is 0.494 bits per heavy atom. The second-order valence-electron chi connectivity index (χ2n) is 20.6. The molecule has 0 aromatic carbocycles. The molecule has 0 aliphatic rings. The van der Waals surface area contributed by atoms with Gasteiger partial charge in [-0.25, -0.2) is 0 Å². The summed E-state index contributed by atoms with van der Waals surface area (Å²) in [6, 6.07) is 0. The first kappa shape index (κ1) is 74.0. The molecule has 0 bridgehead atoms. The van der Waals surface area contributed by atoms with Gasteiger partial charge in [-0.1, -0.05) is 275 Å². The standard InChI is InChI=1S/C73H116O6/c1-4-7-10-13-16-19-21-23-25-27-29-31-32-33-34-35-36-37-38-39-40-42-43-45-47-49-51-54-57-60-63-66-72(75)78-69-70(68-77-71(74)65-62-59-56-53-18-15-12-9-6-3)79-73(76)67-64-61-58-55-52-50-48-46-44-41-30-28-26-24-22-20-17-14-11-8-5-2/h7-8,10-11,16-17,19-20,23-26,29-31,33-34,36-37,39-41,46,48,52,55,70H,4-6,9,12-15,18,21-22,27-28,32,35,38,42-45,47,49-51,53-54,56-69H2,1-3H3/b10-7-,11-8-,19-16-,20-17-,25-23-,26-24-,31-29-,34-33-,37-36-,40-39-,41-30-,48-46-,55-52-. The van der Waals surface area contributed by atoms with E-state index in [0.717, 1.165) is 141 Å². The minimum atomic E-state index is -0.809. The van der Waals surface area contributed by atoms with E-state index in [1.54, 1.807) is 0 Å². The summed E-state index contributed by atoms with van der Waals surface area (Å²) in [6.45, 7) is 6.35. The molecule has 444 valence electrons. The lowest BCUT2D eigenvalue weighted by Crippen LogP contribution is -2.30. The maximum absolute atomic E-state index is 12.9. The first-order valence-corrected chi connectivity index (χ1v) is 32.0. The normalized spacial score (nSPS) is 13.2. The Morgan fingerprint density at radius 3 is 0.797 bits per heavy atom. The molecular formula is C73H116O6. The van der Waals surface area contributed by atoms with Gasteiger partial charge in [0.25, 0.3) is 0 Å². The molecule has 6 nitrogen and oxygen atoms in total. The van der Waals surface area contributed by atoms with E-state index in [0.29, 0.717) is 19.3 Å². The first-order chi connectivity index (χ1) is 39.0. The summed E-state index contributed by atoms with van der Waals surface area (Å²) in [7, 11) is 0. The lowest BCUT2D eigenvalue weighted by molar-refractivity contribution is -0.167. The second kappa shape index (κ2) is 65.5. The molecule has 0 spiro atoms. The number of allylic oxidation sites excluding steroid dienone is 26. The van der Waals surface area contributed by atoms with Crippen molar-refractivity contribution in [1.82, 2.24) is 0 Å². The average Bonchev–Trinajstić information content (AvgIpc) is 3.45. The van der Waals surface area contributed by atoms with Gasteiger partial charge in [-0.3, -0.25) is 14.4 Å². The molecule has 0 amide bonds. The average molecular weight is 1090 g/mol. The van der Waals surface area contributed by atoms with Crippen molar-refractivity contribution in [3.63, 3.8) is 0 Å². The highest BCUT2D eigenvalue weighted by molar-refractivity contribution is 5.71. The van der Waals surface area contributed by atoms with Gasteiger partial charge in [0.2, 0.25) is 0 Å². The van der Waals surface area contributed by atoms with Crippen LogP contribution in [0.2, 0.25) is 0 Å². The predicted molar refractivity (Wildman–Crippen MR) is 343 cm³/mol. The summed E-state index contributed by atoms with van der Waals surface area (Å²) >= 11 is 0. The molecule has 0 saturated heterocycles. The smallest absolute Gasteiger partial charge is 0.306 e. The van der Waals surface area contributed by atoms with Crippen LogP contribution in [0.15, 0.2) is 158 Å². The lowest BCUT2D eigenvalue weighted by atomic mass is 10.1. The van der Waals surface area contributed by atoms with E-state index < -0.39 is 6.10 Å². The minimum absolute atomic E-state index is 0.102. The van der Waals surface area contributed by atoms with Crippen LogP contribution in [-0.2, 0) is 28.6 Å². The van der Waals surface area contributed by atoms with Gasteiger partial charge in [-0.15, -0.1) is 0 Å². The van der Waals surface area contributed by atoms with Crippen molar-refractivity contribution in [2.75, 3.05) is 13.2 Å². The number of hydrogen-bond donors (Lipinski definition) is 0. The van der Waals surface area contributed by atoms with E-state index in [1.807, 2.05) is 0 Å². The highest BCUT2D eigenvalue weighted by atomic mass is 16.6. The Bertz CT molecular complexity index is 1780. The third-order valence-electron chi connectivity index (χ3n) is 13.0. The number of esters is 3. The fraction of sp³-hybridized carbons (Fsp3) is 0.603. The lowest BCUT2D eigenvalue weighted by Gasteiger charge is -2.18. The summed E-state index contributed by atoms with van der Waals surface area (Å²) in [5, 5.41) is 0. The van der Waals surface area contributed by atoms with Crippen molar-refractivity contribution in [2.24, 2.45) is 0 Å². The maximum Gasteiger partial charge on any atom is 0.306 e. The SMILES string of the molecule is CC/C=C\C/C=C\C/C=C\C/C=C\C/C=C\C/C=C\C/C=C\CCCCCCCCCCCC(=O)OCC(COC(=O)CCCCCCCCCCC)OC(=O)CCCC/C=C\C/C=C\C/C=C\C/C=C\C/C=C\C/C=C\CC. The quantitative estimate of drug-likeness (QED) is 0.0261. The van der Waals surface area contributed by atoms with E-state index in [2.05, 4.69) is 179 Å². The van der Waals surface area contributed by atoms with Crippen molar-refractivity contribution in [3.8, 4) is 0 Å². The molecule has 0 heterocycles. The van der Waals surface area contributed by atoms with E-state index in [4.69, 9.17) is 14.2 Å². The Morgan fingerprint density at radius 1 is 0.266 bits per heavy atom. The van der Waals surface area contributed by atoms with Crippen molar-refractivity contribution in [2.45, 2.75) is 271 Å². The molecule has 0 aromatic rings. The maximum atomic E-state index is 12.9. The van der Waals surface area contributed by atoms with Gasteiger partial charge in [-0.2, -0.15) is 0 Å². The monoisotopic (exact) mass is 1090 g/mol. The van der Waals surface area contributed by atoms with Crippen LogP contribution in [0.4, 0.5) is 0 Å². The number of hydrogen-bond acceptors (Lipinski definition) is 6. The molecule has 0 aliphatic heterocycles. The fourth-order valence-electron chi connectivity index (χ4n) is 8.31. The van der Waals surface area contributed by atoms with Crippen molar-refractivity contribution < 1.29 is 28.6 Å². The van der Waals surface area contributed by atoms with E-state index in [-0.39, 0.29) is 37.5 Å². The molecule has 6 heteroatoms.